The molecule has 0 unspecified atom stereocenters. The number of benzene rings is 2. The van der Waals surface area contributed by atoms with E-state index in [1.54, 1.807) is 62.5 Å². The number of ether oxygens (including phenoxy) is 1. The van der Waals surface area contributed by atoms with E-state index in [2.05, 4.69) is 10.5 Å². The lowest BCUT2D eigenvalue weighted by molar-refractivity contribution is -0.384. The Morgan fingerprint density at radius 2 is 1.92 bits per heavy atom. The SMILES string of the molecule is COc1ccc(C(=O)N/N=C/c2ccc(N(C)C)c([N+](=O)[O-])c2)cc1. The molecule has 0 bridgehead atoms. The highest BCUT2D eigenvalue weighted by Crippen LogP contribution is 2.27. The molecule has 0 fully saturated rings. The number of nitro groups is 1. The van der Waals surface area contributed by atoms with Gasteiger partial charge in [-0.05, 0) is 30.3 Å². The highest BCUT2D eigenvalue weighted by Gasteiger charge is 2.15. The van der Waals surface area contributed by atoms with Crippen molar-refractivity contribution in [3.8, 4) is 5.75 Å². The van der Waals surface area contributed by atoms with Crippen molar-refractivity contribution in [1.29, 1.82) is 0 Å². The van der Waals surface area contributed by atoms with E-state index in [9.17, 15) is 14.9 Å². The van der Waals surface area contributed by atoms with Gasteiger partial charge in [0.05, 0.1) is 18.2 Å². The summed E-state index contributed by atoms with van der Waals surface area (Å²) in [6.07, 6.45) is 1.36. The molecule has 0 aliphatic rings. The third-order valence-corrected chi connectivity index (χ3v) is 3.41. The lowest BCUT2D eigenvalue weighted by Crippen LogP contribution is -2.17. The summed E-state index contributed by atoms with van der Waals surface area (Å²) in [6, 6.07) is 11.3. The first kappa shape index (κ1) is 17.9. The van der Waals surface area contributed by atoms with Crippen LogP contribution in [0.3, 0.4) is 0 Å². The maximum Gasteiger partial charge on any atom is 0.293 e. The van der Waals surface area contributed by atoms with E-state index in [1.165, 1.54) is 12.3 Å². The molecule has 0 spiro atoms. The molecule has 130 valence electrons. The molecule has 2 rings (SSSR count). The second kappa shape index (κ2) is 7.91. The zero-order valence-electron chi connectivity index (χ0n) is 14.1. The van der Waals surface area contributed by atoms with E-state index in [4.69, 9.17) is 4.74 Å². The maximum atomic E-state index is 12.0. The van der Waals surface area contributed by atoms with Crippen molar-refractivity contribution in [3.05, 3.63) is 63.7 Å². The molecular formula is C17H18N4O4. The van der Waals surface area contributed by atoms with Crippen molar-refractivity contribution < 1.29 is 14.5 Å². The average Bonchev–Trinajstić information content (AvgIpc) is 2.61. The number of amides is 1. The van der Waals surface area contributed by atoms with Crippen LogP contribution in [0.1, 0.15) is 15.9 Å². The summed E-state index contributed by atoms with van der Waals surface area (Å²) in [6.45, 7) is 0. The molecule has 8 nitrogen and oxygen atoms in total. The van der Waals surface area contributed by atoms with Crippen LogP contribution in [0.25, 0.3) is 0 Å². The van der Waals surface area contributed by atoms with Gasteiger partial charge in [0, 0.05) is 31.3 Å². The molecule has 0 saturated heterocycles. The fourth-order valence-corrected chi connectivity index (χ4v) is 2.12. The first-order valence-corrected chi connectivity index (χ1v) is 7.35. The summed E-state index contributed by atoms with van der Waals surface area (Å²) >= 11 is 0. The van der Waals surface area contributed by atoms with Gasteiger partial charge in [-0.1, -0.05) is 6.07 Å². The number of carbonyl (C=O) groups is 1. The van der Waals surface area contributed by atoms with E-state index in [0.717, 1.165) is 0 Å². The molecule has 0 heterocycles. The Kier molecular flexibility index (Phi) is 5.67. The minimum atomic E-state index is -0.456. The predicted octanol–water partition coefficient (Wildman–Crippen LogP) is 2.43. The number of hydrogen-bond acceptors (Lipinski definition) is 6. The zero-order chi connectivity index (χ0) is 18.4. The van der Waals surface area contributed by atoms with E-state index in [0.29, 0.717) is 22.6 Å². The van der Waals surface area contributed by atoms with E-state index in [1.807, 2.05) is 0 Å². The molecular weight excluding hydrogens is 324 g/mol. The smallest absolute Gasteiger partial charge is 0.293 e. The molecule has 0 atom stereocenters. The summed E-state index contributed by atoms with van der Waals surface area (Å²) in [7, 11) is 5.00. The molecule has 0 aliphatic heterocycles. The summed E-state index contributed by atoms with van der Waals surface area (Å²) < 4.78 is 5.03. The second-order valence-corrected chi connectivity index (χ2v) is 5.33. The molecule has 2 aromatic rings. The van der Waals surface area contributed by atoms with Gasteiger partial charge in [-0.3, -0.25) is 14.9 Å². The van der Waals surface area contributed by atoms with Crippen LogP contribution in [0.4, 0.5) is 11.4 Å². The molecule has 1 N–H and O–H groups in total. The third-order valence-electron chi connectivity index (χ3n) is 3.41. The average molecular weight is 342 g/mol. The molecule has 8 heteroatoms. The molecule has 0 aliphatic carbocycles. The van der Waals surface area contributed by atoms with Gasteiger partial charge in [0.25, 0.3) is 11.6 Å². The fraction of sp³-hybridized carbons (Fsp3) is 0.176. The maximum absolute atomic E-state index is 12.0. The number of carbonyl (C=O) groups excluding carboxylic acids is 1. The Labute approximate surface area is 144 Å². The third kappa shape index (κ3) is 4.54. The van der Waals surface area contributed by atoms with Gasteiger partial charge >= 0.3 is 0 Å². The first-order valence-electron chi connectivity index (χ1n) is 7.35. The number of nitrogens with zero attached hydrogens (tertiary/aromatic N) is 3. The summed E-state index contributed by atoms with van der Waals surface area (Å²) in [5.74, 6) is 0.256. The summed E-state index contributed by atoms with van der Waals surface area (Å²) in [5, 5.41) is 15.0. The van der Waals surface area contributed by atoms with Crippen molar-refractivity contribution in [2.24, 2.45) is 5.10 Å². The Morgan fingerprint density at radius 3 is 2.48 bits per heavy atom. The number of methoxy groups -OCH3 is 1. The Bertz CT molecular complexity index is 801. The zero-order valence-corrected chi connectivity index (χ0v) is 14.1. The van der Waals surface area contributed by atoms with E-state index < -0.39 is 10.8 Å². The normalized spacial score (nSPS) is 10.5. The van der Waals surface area contributed by atoms with E-state index in [-0.39, 0.29) is 5.69 Å². The van der Waals surface area contributed by atoms with Gasteiger partial charge in [0.2, 0.25) is 0 Å². The van der Waals surface area contributed by atoms with Crippen LogP contribution in [-0.2, 0) is 0 Å². The van der Waals surface area contributed by atoms with Crippen LogP contribution in [0.15, 0.2) is 47.6 Å². The number of hydrazone groups is 1. The van der Waals surface area contributed by atoms with Crippen LogP contribution in [0, 0.1) is 10.1 Å². The molecule has 0 radical (unpaired) electrons. The molecule has 2 aromatic carbocycles. The van der Waals surface area contributed by atoms with Crippen molar-refractivity contribution in [3.63, 3.8) is 0 Å². The van der Waals surface area contributed by atoms with Gasteiger partial charge in [-0.25, -0.2) is 5.43 Å². The molecule has 0 saturated carbocycles. The monoisotopic (exact) mass is 342 g/mol. The highest BCUT2D eigenvalue weighted by atomic mass is 16.6. The second-order valence-electron chi connectivity index (χ2n) is 5.33. The standard InChI is InChI=1S/C17H18N4O4/c1-20(2)15-9-4-12(10-16(15)21(23)24)11-18-19-17(22)13-5-7-14(25-3)8-6-13/h4-11H,1-3H3,(H,19,22)/b18-11+. The van der Waals surface area contributed by atoms with E-state index >= 15 is 0 Å². The summed E-state index contributed by atoms with van der Waals surface area (Å²) in [4.78, 5) is 24.3. The van der Waals surface area contributed by atoms with Crippen LogP contribution >= 0.6 is 0 Å². The topological polar surface area (TPSA) is 97.1 Å². The van der Waals surface area contributed by atoms with Gasteiger partial charge in [-0.15, -0.1) is 0 Å². The van der Waals surface area contributed by atoms with Gasteiger partial charge < -0.3 is 9.64 Å². The minimum Gasteiger partial charge on any atom is -0.497 e. The van der Waals surface area contributed by atoms with Crippen LogP contribution in [0.2, 0.25) is 0 Å². The lowest BCUT2D eigenvalue weighted by atomic mass is 10.2. The largest absolute Gasteiger partial charge is 0.497 e. The number of nitrogens with one attached hydrogen (secondary N) is 1. The van der Waals surface area contributed by atoms with Crippen molar-refractivity contribution in [2.75, 3.05) is 26.1 Å². The van der Waals surface area contributed by atoms with Crippen LogP contribution in [0.5, 0.6) is 5.75 Å². The number of rotatable bonds is 6. The van der Waals surface area contributed by atoms with Gasteiger partial charge in [-0.2, -0.15) is 5.10 Å². The van der Waals surface area contributed by atoms with Crippen LogP contribution in [-0.4, -0.2) is 38.3 Å². The van der Waals surface area contributed by atoms with Gasteiger partial charge in [0.15, 0.2) is 0 Å². The van der Waals surface area contributed by atoms with Crippen molar-refractivity contribution in [2.45, 2.75) is 0 Å². The lowest BCUT2D eigenvalue weighted by Gasteiger charge is -2.12. The molecule has 0 aromatic heterocycles. The van der Waals surface area contributed by atoms with Crippen molar-refractivity contribution >= 4 is 23.5 Å². The Balaban J connectivity index is 2.09. The van der Waals surface area contributed by atoms with Crippen LogP contribution < -0.4 is 15.1 Å². The van der Waals surface area contributed by atoms with Crippen molar-refractivity contribution in [1.82, 2.24) is 5.43 Å². The minimum absolute atomic E-state index is 0.0320. The number of nitro benzene ring substituents is 1. The first-order chi connectivity index (χ1) is 11.9. The fourth-order valence-electron chi connectivity index (χ4n) is 2.12. The number of anilines is 1. The molecule has 1 amide bonds. The Hall–Kier alpha value is -3.42. The summed E-state index contributed by atoms with van der Waals surface area (Å²) in [5.41, 5.74) is 3.77. The quantitative estimate of drug-likeness (QED) is 0.494. The number of hydrogen-bond donors (Lipinski definition) is 1. The highest BCUT2D eigenvalue weighted by molar-refractivity contribution is 5.95. The predicted molar refractivity (Wildman–Crippen MR) is 95.5 cm³/mol. The van der Waals surface area contributed by atoms with Gasteiger partial charge in [0.1, 0.15) is 11.4 Å². The molecule has 25 heavy (non-hydrogen) atoms. The Morgan fingerprint density at radius 1 is 1.24 bits per heavy atom.